The van der Waals surface area contributed by atoms with Gasteiger partial charge in [0, 0.05) is 18.2 Å². The molecule has 0 aliphatic rings. The average molecular weight is 239 g/mol. The molecule has 0 bridgehead atoms. The van der Waals surface area contributed by atoms with E-state index in [-0.39, 0.29) is 12.8 Å². The van der Waals surface area contributed by atoms with Gasteiger partial charge in [-0.25, -0.2) is 4.98 Å². The van der Waals surface area contributed by atoms with E-state index in [0.29, 0.717) is 5.69 Å². The molecule has 0 saturated carbocycles. The minimum Gasteiger partial charge on any atom is -0.393 e. The van der Waals surface area contributed by atoms with Gasteiger partial charge in [-0.2, -0.15) is 13.2 Å². The average Bonchev–Trinajstić information content (AvgIpc) is 2.47. The van der Waals surface area contributed by atoms with Crippen LogP contribution in [0.3, 0.4) is 0 Å². The van der Waals surface area contributed by atoms with Crippen LogP contribution in [0.4, 0.5) is 13.2 Å². The minimum absolute atomic E-state index is 0.195. The highest BCUT2D eigenvalue weighted by Gasteiger charge is 2.27. The van der Waals surface area contributed by atoms with Crippen molar-refractivity contribution in [2.24, 2.45) is 0 Å². The third kappa shape index (κ3) is 5.13. The number of hydrogen-bond donors (Lipinski definition) is 1. The van der Waals surface area contributed by atoms with Crippen LogP contribution in [-0.2, 0) is 6.42 Å². The number of halogens is 3. The Balaban J connectivity index is 2.33. The van der Waals surface area contributed by atoms with E-state index < -0.39 is 18.7 Å². The number of nitrogens with zero attached hydrogens (tertiary/aromatic N) is 1. The predicted octanol–water partition coefficient (Wildman–Crippen LogP) is 2.70. The molecule has 1 aromatic heterocycles. The molecule has 1 rings (SSSR count). The summed E-state index contributed by atoms with van der Waals surface area (Å²) in [6, 6.07) is 0. The Bertz CT molecular complexity index is 311. The number of aliphatic hydroxyl groups is 1. The molecule has 0 aliphatic heterocycles. The molecule has 1 heterocycles. The quantitative estimate of drug-likeness (QED) is 0.876. The summed E-state index contributed by atoms with van der Waals surface area (Å²) in [6.45, 7) is 1.82. The lowest BCUT2D eigenvalue weighted by Crippen LogP contribution is -2.16. The van der Waals surface area contributed by atoms with E-state index in [0.717, 1.165) is 5.01 Å². The van der Waals surface area contributed by atoms with Gasteiger partial charge < -0.3 is 5.11 Å². The Morgan fingerprint density at radius 2 is 2.20 bits per heavy atom. The fourth-order valence-electron chi connectivity index (χ4n) is 1.18. The maximum absolute atomic E-state index is 11.8. The molecule has 1 N–H and O–H groups in total. The third-order valence-electron chi connectivity index (χ3n) is 1.87. The first kappa shape index (κ1) is 12.4. The molecule has 6 heteroatoms. The monoisotopic (exact) mass is 239 g/mol. The van der Waals surface area contributed by atoms with Crippen LogP contribution in [0.15, 0.2) is 5.38 Å². The fourth-order valence-corrected chi connectivity index (χ4v) is 1.80. The van der Waals surface area contributed by atoms with Gasteiger partial charge in [-0.1, -0.05) is 0 Å². The van der Waals surface area contributed by atoms with Crippen molar-refractivity contribution in [1.29, 1.82) is 0 Å². The highest BCUT2D eigenvalue weighted by molar-refractivity contribution is 7.09. The second kappa shape index (κ2) is 4.94. The van der Waals surface area contributed by atoms with Gasteiger partial charge in [-0.15, -0.1) is 11.3 Å². The third-order valence-corrected chi connectivity index (χ3v) is 2.69. The van der Waals surface area contributed by atoms with Crippen molar-refractivity contribution in [3.63, 3.8) is 0 Å². The van der Waals surface area contributed by atoms with E-state index in [2.05, 4.69) is 4.98 Å². The number of rotatable bonds is 4. The van der Waals surface area contributed by atoms with Gasteiger partial charge in [0.25, 0.3) is 0 Å². The largest absolute Gasteiger partial charge is 0.393 e. The molecular formula is C9H12F3NOS. The number of hydrogen-bond acceptors (Lipinski definition) is 3. The normalized spacial score (nSPS) is 14.2. The molecule has 86 valence electrons. The molecule has 0 amide bonds. The van der Waals surface area contributed by atoms with E-state index >= 15 is 0 Å². The lowest BCUT2D eigenvalue weighted by atomic mass is 10.1. The van der Waals surface area contributed by atoms with E-state index in [1.807, 2.05) is 6.92 Å². The van der Waals surface area contributed by atoms with Crippen molar-refractivity contribution in [2.45, 2.75) is 38.5 Å². The van der Waals surface area contributed by atoms with E-state index in [9.17, 15) is 18.3 Å². The summed E-state index contributed by atoms with van der Waals surface area (Å²) < 4.78 is 35.5. The Morgan fingerprint density at radius 1 is 1.53 bits per heavy atom. The number of aryl methyl sites for hydroxylation is 1. The van der Waals surface area contributed by atoms with Gasteiger partial charge in [0.2, 0.25) is 0 Å². The number of alkyl halides is 3. The zero-order chi connectivity index (χ0) is 11.5. The number of aliphatic hydroxyl groups excluding tert-OH is 1. The van der Waals surface area contributed by atoms with Crippen molar-refractivity contribution in [3.8, 4) is 0 Å². The molecule has 15 heavy (non-hydrogen) atoms. The molecule has 0 aromatic carbocycles. The van der Waals surface area contributed by atoms with Crippen molar-refractivity contribution in [1.82, 2.24) is 4.98 Å². The minimum atomic E-state index is -4.20. The smallest absolute Gasteiger partial charge is 0.389 e. The van der Waals surface area contributed by atoms with Gasteiger partial charge in [-0.05, 0) is 13.3 Å². The topological polar surface area (TPSA) is 33.1 Å². The highest BCUT2D eigenvalue weighted by Crippen LogP contribution is 2.23. The number of thiazole rings is 1. The van der Waals surface area contributed by atoms with Crippen molar-refractivity contribution >= 4 is 11.3 Å². The Kier molecular flexibility index (Phi) is 4.10. The van der Waals surface area contributed by atoms with Crippen LogP contribution in [-0.4, -0.2) is 22.4 Å². The van der Waals surface area contributed by atoms with Gasteiger partial charge in [-0.3, -0.25) is 0 Å². The molecule has 1 aromatic rings. The zero-order valence-electron chi connectivity index (χ0n) is 8.21. The Hall–Kier alpha value is -0.620. The van der Waals surface area contributed by atoms with Crippen LogP contribution in [0, 0.1) is 6.92 Å². The molecule has 0 saturated heterocycles. The van der Waals surface area contributed by atoms with Crippen LogP contribution >= 0.6 is 11.3 Å². The predicted molar refractivity (Wildman–Crippen MR) is 51.9 cm³/mol. The maximum Gasteiger partial charge on any atom is 0.389 e. The zero-order valence-corrected chi connectivity index (χ0v) is 9.03. The molecular weight excluding hydrogens is 227 g/mol. The van der Waals surface area contributed by atoms with Crippen LogP contribution in [0.25, 0.3) is 0 Å². The highest BCUT2D eigenvalue weighted by atomic mass is 32.1. The van der Waals surface area contributed by atoms with Crippen LogP contribution < -0.4 is 0 Å². The first-order valence-electron chi connectivity index (χ1n) is 4.52. The first-order chi connectivity index (χ1) is 6.87. The van der Waals surface area contributed by atoms with E-state index in [4.69, 9.17) is 0 Å². The van der Waals surface area contributed by atoms with Crippen molar-refractivity contribution in [3.05, 3.63) is 16.1 Å². The number of aromatic nitrogens is 1. The van der Waals surface area contributed by atoms with Gasteiger partial charge in [0.05, 0.1) is 16.8 Å². The fraction of sp³-hybridized carbons (Fsp3) is 0.667. The molecule has 0 radical (unpaired) electrons. The van der Waals surface area contributed by atoms with Gasteiger partial charge >= 0.3 is 6.18 Å². The molecule has 2 nitrogen and oxygen atoms in total. The summed E-state index contributed by atoms with van der Waals surface area (Å²) in [7, 11) is 0. The summed E-state index contributed by atoms with van der Waals surface area (Å²) in [5.41, 5.74) is 0.659. The van der Waals surface area contributed by atoms with Gasteiger partial charge in [0.15, 0.2) is 0 Å². The van der Waals surface area contributed by atoms with Crippen LogP contribution in [0.5, 0.6) is 0 Å². The SMILES string of the molecule is Cc1nc(CC(O)CCC(F)(F)F)cs1. The molecule has 1 atom stereocenters. The second-order valence-corrected chi connectivity index (χ2v) is 4.43. The van der Waals surface area contributed by atoms with Crippen molar-refractivity contribution in [2.75, 3.05) is 0 Å². The van der Waals surface area contributed by atoms with Crippen molar-refractivity contribution < 1.29 is 18.3 Å². The molecule has 0 aliphatic carbocycles. The van der Waals surface area contributed by atoms with E-state index in [1.54, 1.807) is 5.38 Å². The van der Waals surface area contributed by atoms with Crippen LogP contribution in [0.2, 0.25) is 0 Å². The molecule has 0 fully saturated rings. The Morgan fingerprint density at radius 3 is 2.67 bits per heavy atom. The Labute approximate surface area is 89.8 Å². The maximum atomic E-state index is 11.8. The molecule has 0 spiro atoms. The van der Waals surface area contributed by atoms with Crippen LogP contribution in [0.1, 0.15) is 23.5 Å². The summed E-state index contributed by atoms with van der Waals surface area (Å²) in [5, 5.41) is 12.0. The molecule has 1 unspecified atom stereocenters. The summed E-state index contributed by atoms with van der Waals surface area (Å²) >= 11 is 1.43. The standard InChI is InChI=1S/C9H12F3NOS/c1-6-13-7(5-15-6)4-8(14)2-3-9(10,11)12/h5,8,14H,2-4H2,1H3. The lowest BCUT2D eigenvalue weighted by molar-refractivity contribution is -0.139. The summed E-state index contributed by atoms with van der Waals surface area (Å²) in [4.78, 5) is 4.07. The summed E-state index contributed by atoms with van der Waals surface area (Å²) in [6.07, 6.45) is -6.18. The van der Waals surface area contributed by atoms with E-state index in [1.165, 1.54) is 11.3 Å². The second-order valence-electron chi connectivity index (χ2n) is 3.37. The first-order valence-corrected chi connectivity index (χ1v) is 5.40. The summed E-state index contributed by atoms with van der Waals surface area (Å²) in [5.74, 6) is 0. The van der Waals surface area contributed by atoms with Gasteiger partial charge in [0.1, 0.15) is 0 Å². The lowest BCUT2D eigenvalue weighted by Gasteiger charge is -2.10.